The van der Waals surface area contributed by atoms with E-state index in [0.717, 1.165) is 122 Å². The van der Waals surface area contributed by atoms with Crippen molar-refractivity contribution in [2.45, 2.75) is 289 Å². The van der Waals surface area contributed by atoms with Gasteiger partial charge in [0, 0.05) is 6.42 Å². The van der Waals surface area contributed by atoms with E-state index in [9.17, 15) is 19.4 Å². The van der Waals surface area contributed by atoms with Crippen molar-refractivity contribution in [2.75, 3.05) is 40.9 Å². The number of quaternary nitrogens is 1. The predicted octanol–water partition coefficient (Wildman–Crippen LogP) is 22.9. The molecule has 0 heterocycles. The number of phosphoric ester groups is 1. The van der Waals surface area contributed by atoms with E-state index in [0.29, 0.717) is 17.4 Å². The van der Waals surface area contributed by atoms with Crippen molar-refractivity contribution in [1.82, 2.24) is 5.32 Å². The third-order valence-electron chi connectivity index (χ3n) is 15.0. The number of carbonyl (C=O) groups excluding carboxylic acids is 1. The zero-order valence-corrected chi connectivity index (χ0v) is 57.6. The molecule has 0 aliphatic carbocycles. The van der Waals surface area contributed by atoms with Crippen molar-refractivity contribution >= 4 is 13.7 Å². The second-order valence-corrected chi connectivity index (χ2v) is 26.0. The molecule has 0 aromatic rings. The first-order valence-electron chi connectivity index (χ1n) is 35.4. The van der Waals surface area contributed by atoms with E-state index in [1.165, 1.54) is 135 Å². The average molecular weight is 1230 g/mol. The fourth-order valence-electron chi connectivity index (χ4n) is 9.51. The van der Waals surface area contributed by atoms with Crippen LogP contribution in [0.15, 0.2) is 158 Å². The number of hydrogen-bond donors (Lipinski definition) is 3. The van der Waals surface area contributed by atoms with Crippen LogP contribution in [0.4, 0.5) is 0 Å². The van der Waals surface area contributed by atoms with Crippen LogP contribution in [0.1, 0.15) is 277 Å². The highest BCUT2D eigenvalue weighted by molar-refractivity contribution is 7.47. The molecule has 0 bridgehead atoms. The zero-order chi connectivity index (χ0) is 63.4. The molecule has 0 aliphatic rings. The first-order chi connectivity index (χ1) is 42.5. The third kappa shape index (κ3) is 69.5. The molecule has 0 spiro atoms. The van der Waals surface area contributed by atoms with Crippen molar-refractivity contribution in [2.24, 2.45) is 0 Å². The Kier molecular flexibility index (Phi) is 63.6. The molecule has 3 unspecified atom stereocenters. The summed E-state index contributed by atoms with van der Waals surface area (Å²) in [6.07, 6.45) is 104. The minimum atomic E-state index is -4.38. The summed E-state index contributed by atoms with van der Waals surface area (Å²) in [5.41, 5.74) is 0. The number of carbonyl (C=O) groups is 1. The number of aliphatic hydroxyl groups is 1. The summed E-state index contributed by atoms with van der Waals surface area (Å²) in [5.74, 6) is -0.204. The molecule has 3 N–H and O–H groups in total. The fraction of sp³-hybridized carbons (Fsp3) is 0.654. The van der Waals surface area contributed by atoms with E-state index in [4.69, 9.17) is 9.05 Å². The van der Waals surface area contributed by atoms with Crippen molar-refractivity contribution in [3.63, 3.8) is 0 Å². The highest BCUT2D eigenvalue weighted by Gasteiger charge is 2.28. The molecule has 3 atom stereocenters. The molecular weight excluding hydrogens is 1090 g/mol. The quantitative estimate of drug-likeness (QED) is 0.0243. The van der Waals surface area contributed by atoms with Crippen molar-refractivity contribution in [3.05, 3.63) is 158 Å². The lowest BCUT2D eigenvalue weighted by molar-refractivity contribution is -0.870. The number of likely N-dealkylation sites (N-methyl/N-ethyl adjacent to an activating group) is 1. The molecule has 0 rings (SSSR count). The lowest BCUT2D eigenvalue weighted by Gasteiger charge is -2.25. The summed E-state index contributed by atoms with van der Waals surface area (Å²) >= 11 is 0. The molecule has 8 nitrogen and oxygen atoms in total. The Morgan fingerprint density at radius 1 is 0.402 bits per heavy atom. The molecule has 87 heavy (non-hydrogen) atoms. The highest BCUT2D eigenvalue weighted by atomic mass is 31.2. The standard InChI is InChI=1S/C78H133N2O6P/c1-6-8-10-12-14-16-18-20-22-24-26-28-30-32-34-35-36-37-38-39-40-41-42-43-44-45-46-48-50-52-54-56-58-60-62-64-66-68-70-72-78(82)79-76(75-86-87(83,84)85-74-73-80(3,4)5)77(81)71-69-67-65-63-61-59-57-55-53-51-49-47-33-31-29-27-25-23-21-19-17-15-13-11-9-7-2/h8,10,14,16,20,22,26,28,32,34,36-37,39-40,42-43,45-46,50,52-53,55,61,63,69,71,76-77,81H,6-7,9,11-13,15,17-19,21,23-25,27,29-31,33,35,38,41,44,47-49,51,54,56-60,62,64-68,70,72-75H2,1-5H3,(H-,79,82,83,84)/p+1/b10-8-,16-14-,22-20-,28-26-,34-32-,37-36-,40-39-,43-42-,46-45-,52-50-,55-53+,63-61+,71-69+. The van der Waals surface area contributed by atoms with Gasteiger partial charge in [0.05, 0.1) is 39.9 Å². The van der Waals surface area contributed by atoms with Crippen LogP contribution in [0.5, 0.6) is 0 Å². The van der Waals surface area contributed by atoms with E-state index in [2.05, 4.69) is 165 Å². The number of nitrogens with one attached hydrogen (secondary N) is 1. The molecule has 0 saturated heterocycles. The Hall–Kier alpha value is -3.88. The molecule has 0 saturated carbocycles. The second kappa shape index (κ2) is 66.5. The summed E-state index contributed by atoms with van der Waals surface area (Å²) in [6, 6.07) is -0.888. The van der Waals surface area contributed by atoms with E-state index < -0.39 is 20.0 Å². The van der Waals surface area contributed by atoms with Crippen molar-refractivity contribution < 1.29 is 32.9 Å². The van der Waals surface area contributed by atoms with E-state index >= 15 is 0 Å². The summed E-state index contributed by atoms with van der Waals surface area (Å²) < 4.78 is 23.8. The van der Waals surface area contributed by atoms with Gasteiger partial charge in [-0.05, 0) is 122 Å². The van der Waals surface area contributed by atoms with Gasteiger partial charge in [-0.15, -0.1) is 0 Å². The van der Waals surface area contributed by atoms with Crippen LogP contribution >= 0.6 is 7.82 Å². The maximum atomic E-state index is 13.0. The van der Waals surface area contributed by atoms with Crippen LogP contribution in [0.3, 0.4) is 0 Å². The topological polar surface area (TPSA) is 105 Å². The first-order valence-corrected chi connectivity index (χ1v) is 36.9. The lowest BCUT2D eigenvalue weighted by atomic mass is 10.0. The molecule has 1 amide bonds. The van der Waals surface area contributed by atoms with Crippen LogP contribution in [0, 0.1) is 0 Å². The zero-order valence-electron chi connectivity index (χ0n) is 56.7. The highest BCUT2D eigenvalue weighted by Crippen LogP contribution is 2.43. The molecule has 0 aliphatic heterocycles. The number of phosphoric acid groups is 1. The van der Waals surface area contributed by atoms with Crippen LogP contribution < -0.4 is 5.32 Å². The monoisotopic (exact) mass is 1230 g/mol. The Morgan fingerprint density at radius 2 is 0.701 bits per heavy atom. The fourth-order valence-corrected chi connectivity index (χ4v) is 10.3. The van der Waals surface area contributed by atoms with Gasteiger partial charge in [0.2, 0.25) is 5.91 Å². The molecule has 0 aromatic heterocycles. The van der Waals surface area contributed by atoms with Gasteiger partial charge >= 0.3 is 7.82 Å². The minimum Gasteiger partial charge on any atom is -0.387 e. The van der Waals surface area contributed by atoms with Crippen LogP contribution in [0.2, 0.25) is 0 Å². The number of nitrogens with zero attached hydrogens (tertiary/aromatic N) is 1. The SMILES string of the molecule is CC/C=C\C/C=C\C/C=C\C/C=C\C/C=C\C/C=C\C/C=C\C/C=C\C/C=C\C/C=C\CCCCCCCCCCC(=O)NC(COP(=O)(O)OCC[N+](C)(C)C)C(O)/C=C/CC/C=C/CC/C=C/CCCCCCCCCCCCCCCCCC. The van der Waals surface area contributed by atoms with Gasteiger partial charge in [-0.25, -0.2) is 4.57 Å². The first kappa shape index (κ1) is 83.1. The Morgan fingerprint density at radius 3 is 1.06 bits per heavy atom. The number of hydrogen-bond acceptors (Lipinski definition) is 5. The largest absolute Gasteiger partial charge is 0.472 e. The summed E-state index contributed by atoms with van der Waals surface area (Å²) in [6.45, 7) is 4.67. The van der Waals surface area contributed by atoms with Gasteiger partial charge in [-0.2, -0.15) is 0 Å². The molecule has 9 heteroatoms. The lowest BCUT2D eigenvalue weighted by Crippen LogP contribution is -2.45. The number of allylic oxidation sites excluding steroid dienone is 25. The smallest absolute Gasteiger partial charge is 0.387 e. The maximum absolute atomic E-state index is 13.0. The molecule has 0 radical (unpaired) electrons. The van der Waals surface area contributed by atoms with Gasteiger partial charge in [0.25, 0.3) is 0 Å². The summed E-state index contributed by atoms with van der Waals surface area (Å²) in [4.78, 5) is 23.4. The number of unbranched alkanes of at least 4 members (excludes halogenated alkanes) is 26. The van der Waals surface area contributed by atoms with Crippen LogP contribution in [-0.4, -0.2) is 73.4 Å². The Bertz CT molecular complexity index is 1980. The third-order valence-corrected chi connectivity index (χ3v) is 15.9. The van der Waals surface area contributed by atoms with E-state index in [1.54, 1.807) is 6.08 Å². The van der Waals surface area contributed by atoms with Gasteiger partial charge < -0.3 is 19.8 Å². The summed E-state index contributed by atoms with van der Waals surface area (Å²) in [5, 5.41) is 14.0. The van der Waals surface area contributed by atoms with E-state index in [-0.39, 0.29) is 19.1 Å². The molecule has 496 valence electrons. The van der Waals surface area contributed by atoms with Gasteiger partial charge in [0.1, 0.15) is 13.2 Å². The number of rotatable bonds is 63. The van der Waals surface area contributed by atoms with Crippen molar-refractivity contribution in [3.8, 4) is 0 Å². The number of aliphatic hydroxyl groups excluding tert-OH is 1. The number of amides is 1. The van der Waals surface area contributed by atoms with Gasteiger partial charge in [-0.3, -0.25) is 13.8 Å². The van der Waals surface area contributed by atoms with Crippen LogP contribution in [0.25, 0.3) is 0 Å². The Balaban J connectivity index is 4.21. The molecule has 0 aromatic carbocycles. The Labute approximate surface area is 537 Å². The van der Waals surface area contributed by atoms with Crippen LogP contribution in [-0.2, 0) is 18.4 Å². The van der Waals surface area contributed by atoms with Gasteiger partial charge in [-0.1, -0.05) is 307 Å². The molecular formula is C78H134N2O6P+. The molecule has 0 fully saturated rings. The van der Waals surface area contributed by atoms with Crippen molar-refractivity contribution in [1.29, 1.82) is 0 Å². The minimum absolute atomic E-state index is 0.0440. The maximum Gasteiger partial charge on any atom is 0.472 e. The van der Waals surface area contributed by atoms with E-state index in [1.807, 2.05) is 27.2 Å². The van der Waals surface area contributed by atoms with Gasteiger partial charge in [0.15, 0.2) is 0 Å². The summed E-state index contributed by atoms with van der Waals surface area (Å²) in [7, 11) is 1.52. The normalized spacial score (nSPS) is 14.6. The average Bonchev–Trinajstić information content (AvgIpc) is 3.69. The predicted molar refractivity (Wildman–Crippen MR) is 382 cm³/mol. The second-order valence-electron chi connectivity index (χ2n) is 24.5.